The van der Waals surface area contributed by atoms with Crippen LogP contribution in [0.1, 0.15) is 25.7 Å². The molecule has 2 aliphatic rings. The number of nitrogens with one attached hydrogen (secondary N) is 1. The molecule has 1 spiro atoms. The molecule has 0 amide bonds. The van der Waals surface area contributed by atoms with Crippen molar-refractivity contribution >= 4 is 12.4 Å². The second-order valence-electron chi connectivity index (χ2n) is 3.55. The van der Waals surface area contributed by atoms with E-state index in [-0.39, 0.29) is 12.4 Å². The third-order valence-corrected chi connectivity index (χ3v) is 2.88. The van der Waals surface area contributed by atoms with Crippen LogP contribution in [0.5, 0.6) is 0 Å². The van der Waals surface area contributed by atoms with Gasteiger partial charge in [0, 0.05) is 0 Å². The lowest BCUT2D eigenvalue weighted by molar-refractivity contribution is 0.268. The fourth-order valence-electron chi connectivity index (χ4n) is 2.13. The Morgan fingerprint density at radius 2 is 1.82 bits per heavy atom. The monoisotopic (exact) mass is 173 g/mol. The molecular weight excluding hydrogens is 158 g/mol. The summed E-state index contributed by atoms with van der Waals surface area (Å²) in [4.78, 5) is 0. The van der Waals surface area contributed by atoms with E-state index in [1.807, 2.05) is 0 Å². The maximum Gasteiger partial charge on any atom is -0.00406 e. The van der Waals surface area contributed by atoms with Gasteiger partial charge >= 0.3 is 0 Å². The van der Waals surface area contributed by atoms with Crippen LogP contribution in [0.2, 0.25) is 0 Å². The zero-order valence-corrected chi connectivity index (χ0v) is 7.62. The average molecular weight is 174 g/mol. The summed E-state index contributed by atoms with van der Waals surface area (Å²) >= 11 is 0. The molecule has 1 saturated heterocycles. The highest BCUT2D eigenvalue weighted by Crippen LogP contribution is 2.39. The van der Waals surface area contributed by atoms with Gasteiger partial charge in [0.05, 0.1) is 0 Å². The fourth-order valence-corrected chi connectivity index (χ4v) is 2.13. The molecule has 0 radical (unpaired) electrons. The van der Waals surface area contributed by atoms with Crippen molar-refractivity contribution in [2.24, 2.45) is 5.41 Å². The SMILES string of the molecule is C1=CC2(CC1)CCNCC2.Cl. The van der Waals surface area contributed by atoms with Crippen LogP contribution >= 0.6 is 12.4 Å². The minimum Gasteiger partial charge on any atom is -0.317 e. The van der Waals surface area contributed by atoms with Crippen LogP contribution in [-0.4, -0.2) is 13.1 Å². The molecule has 1 nitrogen and oxygen atoms in total. The summed E-state index contributed by atoms with van der Waals surface area (Å²) in [5.41, 5.74) is 0.630. The topological polar surface area (TPSA) is 12.0 Å². The Morgan fingerprint density at radius 1 is 1.09 bits per heavy atom. The van der Waals surface area contributed by atoms with Crippen molar-refractivity contribution in [3.63, 3.8) is 0 Å². The minimum atomic E-state index is 0. The first-order chi connectivity index (χ1) is 4.91. The summed E-state index contributed by atoms with van der Waals surface area (Å²) in [6.07, 6.45) is 10.3. The third-order valence-electron chi connectivity index (χ3n) is 2.88. The molecule has 0 aromatic rings. The van der Waals surface area contributed by atoms with Crippen molar-refractivity contribution in [3.8, 4) is 0 Å². The molecule has 1 N–H and O–H groups in total. The van der Waals surface area contributed by atoms with Gasteiger partial charge in [0.1, 0.15) is 0 Å². The van der Waals surface area contributed by atoms with Gasteiger partial charge in [-0.25, -0.2) is 0 Å². The molecule has 11 heavy (non-hydrogen) atoms. The van der Waals surface area contributed by atoms with Crippen molar-refractivity contribution < 1.29 is 0 Å². The Balaban J connectivity index is 0.000000605. The van der Waals surface area contributed by atoms with Crippen LogP contribution in [-0.2, 0) is 0 Å². The average Bonchev–Trinajstić information content (AvgIpc) is 2.39. The fraction of sp³-hybridized carbons (Fsp3) is 0.778. The van der Waals surface area contributed by atoms with Gasteiger partial charge in [0.15, 0.2) is 0 Å². The molecule has 0 bridgehead atoms. The smallest absolute Gasteiger partial charge is 0.00406 e. The normalized spacial score (nSPS) is 26.9. The first-order valence-electron chi connectivity index (χ1n) is 4.30. The predicted molar refractivity (Wildman–Crippen MR) is 50.2 cm³/mol. The molecule has 0 aromatic carbocycles. The largest absolute Gasteiger partial charge is 0.317 e. The van der Waals surface area contributed by atoms with Crippen molar-refractivity contribution in [1.82, 2.24) is 5.32 Å². The van der Waals surface area contributed by atoms with E-state index in [1.165, 1.54) is 38.8 Å². The molecule has 1 aliphatic carbocycles. The van der Waals surface area contributed by atoms with Gasteiger partial charge in [-0.2, -0.15) is 0 Å². The van der Waals surface area contributed by atoms with Gasteiger partial charge in [-0.05, 0) is 44.2 Å². The number of halogens is 1. The Morgan fingerprint density at radius 3 is 2.36 bits per heavy atom. The van der Waals surface area contributed by atoms with Gasteiger partial charge in [0.25, 0.3) is 0 Å². The van der Waals surface area contributed by atoms with E-state index < -0.39 is 0 Å². The molecule has 1 heterocycles. The summed E-state index contributed by atoms with van der Waals surface area (Å²) in [5.74, 6) is 0. The van der Waals surface area contributed by atoms with Gasteiger partial charge in [-0.15, -0.1) is 12.4 Å². The molecule has 2 heteroatoms. The molecule has 64 valence electrons. The number of rotatable bonds is 0. The van der Waals surface area contributed by atoms with Gasteiger partial charge in [-0.3, -0.25) is 0 Å². The highest BCUT2D eigenvalue weighted by Gasteiger charge is 2.30. The second kappa shape index (κ2) is 3.59. The molecule has 0 saturated carbocycles. The zero-order valence-electron chi connectivity index (χ0n) is 6.81. The molecule has 1 fully saturated rings. The summed E-state index contributed by atoms with van der Waals surface area (Å²) < 4.78 is 0. The summed E-state index contributed by atoms with van der Waals surface area (Å²) in [7, 11) is 0. The molecule has 0 unspecified atom stereocenters. The Kier molecular flexibility index (Phi) is 2.97. The maximum absolute atomic E-state index is 3.40. The second-order valence-corrected chi connectivity index (χ2v) is 3.55. The Labute approximate surface area is 74.7 Å². The molecule has 2 rings (SSSR count). The van der Waals surface area contributed by atoms with Gasteiger partial charge < -0.3 is 5.32 Å². The predicted octanol–water partition coefficient (Wildman–Crippen LogP) is 2.13. The summed E-state index contributed by atoms with van der Waals surface area (Å²) in [5, 5.41) is 3.40. The van der Waals surface area contributed by atoms with E-state index in [0.717, 1.165) is 0 Å². The molecule has 0 atom stereocenters. The number of allylic oxidation sites excluding steroid dienone is 2. The Hall–Kier alpha value is -0.0100. The van der Waals surface area contributed by atoms with Gasteiger partial charge in [-0.1, -0.05) is 12.2 Å². The highest BCUT2D eigenvalue weighted by atomic mass is 35.5. The first-order valence-corrected chi connectivity index (χ1v) is 4.30. The number of piperidine rings is 1. The molecule has 0 aromatic heterocycles. The quantitative estimate of drug-likeness (QED) is 0.554. The molecular formula is C9H16ClN. The lowest BCUT2D eigenvalue weighted by Crippen LogP contribution is -2.34. The van der Waals surface area contributed by atoms with Crippen LogP contribution < -0.4 is 5.32 Å². The van der Waals surface area contributed by atoms with Crippen LogP contribution in [0.15, 0.2) is 12.2 Å². The van der Waals surface area contributed by atoms with E-state index in [4.69, 9.17) is 0 Å². The third kappa shape index (κ3) is 1.77. The van der Waals surface area contributed by atoms with Crippen molar-refractivity contribution in [3.05, 3.63) is 12.2 Å². The summed E-state index contributed by atoms with van der Waals surface area (Å²) in [6, 6.07) is 0. The maximum atomic E-state index is 3.40. The van der Waals surface area contributed by atoms with Crippen LogP contribution in [0.25, 0.3) is 0 Å². The van der Waals surface area contributed by atoms with E-state index in [9.17, 15) is 0 Å². The lowest BCUT2D eigenvalue weighted by atomic mass is 9.79. The van der Waals surface area contributed by atoms with Crippen molar-refractivity contribution in [1.29, 1.82) is 0 Å². The van der Waals surface area contributed by atoms with Gasteiger partial charge in [0.2, 0.25) is 0 Å². The van der Waals surface area contributed by atoms with Crippen LogP contribution in [0.4, 0.5) is 0 Å². The minimum absolute atomic E-state index is 0. The van der Waals surface area contributed by atoms with E-state index in [0.29, 0.717) is 5.41 Å². The van der Waals surface area contributed by atoms with Crippen LogP contribution in [0, 0.1) is 5.41 Å². The first kappa shape index (κ1) is 9.08. The highest BCUT2D eigenvalue weighted by molar-refractivity contribution is 5.85. The van der Waals surface area contributed by atoms with E-state index >= 15 is 0 Å². The summed E-state index contributed by atoms with van der Waals surface area (Å²) in [6.45, 7) is 2.45. The molecule has 1 aliphatic heterocycles. The van der Waals surface area contributed by atoms with E-state index in [1.54, 1.807) is 0 Å². The number of hydrogen-bond donors (Lipinski definition) is 1. The standard InChI is InChI=1S/C9H15N.ClH/c1-2-4-9(3-1)5-7-10-8-6-9;/h1,3,10H,2,4-8H2;1H. The van der Waals surface area contributed by atoms with Crippen molar-refractivity contribution in [2.45, 2.75) is 25.7 Å². The zero-order chi connectivity index (χ0) is 6.86. The van der Waals surface area contributed by atoms with E-state index in [2.05, 4.69) is 17.5 Å². The Bertz CT molecular complexity index is 148. The lowest BCUT2D eigenvalue weighted by Gasteiger charge is -2.32. The van der Waals surface area contributed by atoms with Crippen LogP contribution in [0.3, 0.4) is 0 Å². The number of hydrogen-bond acceptors (Lipinski definition) is 1. The van der Waals surface area contributed by atoms with Crippen molar-refractivity contribution in [2.75, 3.05) is 13.1 Å².